The maximum absolute atomic E-state index is 12.1. The van der Waals surface area contributed by atoms with Crippen LogP contribution in [0.15, 0.2) is 48.5 Å². The smallest absolute Gasteiger partial charge is 0.328 e. The van der Waals surface area contributed by atoms with Crippen molar-refractivity contribution in [2.24, 2.45) is 0 Å². The highest BCUT2D eigenvalue weighted by Gasteiger charge is 2.13. The van der Waals surface area contributed by atoms with Crippen molar-refractivity contribution in [3.05, 3.63) is 59.1 Å². The standard InChI is InChI=1S/C18H19ClN2O3/c1-3-24-18(23)12(2)20-15-8-10-16(11-9-15)21-17(22)13-4-6-14(19)7-5-13/h4-12,20H,3H2,1-2H3,(H,21,22). The molecule has 0 saturated heterocycles. The van der Waals surface area contributed by atoms with E-state index in [1.165, 1.54) is 0 Å². The lowest BCUT2D eigenvalue weighted by Crippen LogP contribution is -2.28. The van der Waals surface area contributed by atoms with Gasteiger partial charge in [0, 0.05) is 22.0 Å². The van der Waals surface area contributed by atoms with E-state index in [0.29, 0.717) is 22.9 Å². The Hall–Kier alpha value is -2.53. The Morgan fingerprint density at radius 2 is 1.62 bits per heavy atom. The Morgan fingerprint density at radius 1 is 1.04 bits per heavy atom. The Kier molecular flexibility index (Phi) is 6.21. The van der Waals surface area contributed by atoms with Gasteiger partial charge in [0.2, 0.25) is 0 Å². The van der Waals surface area contributed by atoms with E-state index in [0.717, 1.165) is 5.69 Å². The summed E-state index contributed by atoms with van der Waals surface area (Å²) in [5, 5.41) is 6.42. The van der Waals surface area contributed by atoms with E-state index >= 15 is 0 Å². The summed E-state index contributed by atoms with van der Waals surface area (Å²) in [6, 6.07) is 13.3. The zero-order chi connectivity index (χ0) is 17.5. The normalized spacial score (nSPS) is 11.5. The second kappa shape index (κ2) is 8.36. The quantitative estimate of drug-likeness (QED) is 0.777. The second-order valence-corrected chi connectivity index (χ2v) is 5.59. The molecule has 0 radical (unpaired) electrons. The molecule has 0 fully saturated rings. The van der Waals surface area contributed by atoms with Gasteiger partial charge in [0.25, 0.3) is 5.91 Å². The van der Waals surface area contributed by atoms with Crippen molar-refractivity contribution in [1.82, 2.24) is 0 Å². The highest BCUT2D eigenvalue weighted by molar-refractivity contribution is 6.30. The van der Waals surface area contributed by atoms with Crippen LogP contribution in [0.2, 0.25) is 5.02 Å². The van der Waals surface area contributed by atoms with Crippen molar-refractivity contribution in [1.29, 1.82) is 0 Å². The maximum Gasteiger partial charge on any atom is 0.328 e. The molecule has 2 aromatic rings. The van der Waals surface area contributed by atoms with Gasteiger partial charge in [-0.2, -0.15) is 0 Å². The number of nitrogens with one attached hydrogen (secondary N) is 2. The molecule has 0 aliphatic heterocycles. The van der Waals surface area contributed by atoms with Crippen LogP contribution in [0.1, 0.15) is 24.2 Å². The number of anilines is 2. The van der Waals surface area contributed by atoms with Gasteiger partial charge in [0.15, 0.2) is 0 Å². The van der Waals surface area contributed by atoms with Gasteiger partial charge in [-0.3, -0.25) is 4.79 Å². The first-order valence-corrected chi connectivity index (χ1v) is 7.97. The van der Waals surface area contributed by atoms with Gasteiger partial charge in [-0.25, -0.2) is 4.79 Å². The molecule has 2 N–H and O–H groups in total. The third-order valence-corrected chi connectivity index (χ3v) is 3.52. The van der Waals surface area contributed by atoms with Crippen LogP contribution in [-0.4, -0.2) is 24.5 Å². The van der Waals surface area contributed by atoms with E-state index in [2.05, 4.69) is 10.6 Å². The van der Waals surface area contributed by atoms with Crippen molar-refractivity contribution in [2.75, 3.05) is 17.2 Å². The molecule has 24 heavy (non-hydrogen) atoms. The number of benzene rings is 2. The SMILES string of the molecule is CCOC(=O)C(C)Nc1ccc(NC(=O)c2ccc(Cl)cc2)cc1. The summed E-state index contributed by atoms with van der Waals surface area (Å²) in [5.74, 6) is -0.523. The van der Waals surface area contributed by atoms with Gasteiger partial charge in [-0.15, -0.1) is 0 Å². The van der Waals surface area contributed by atoms with E-state index in [9.17, 15) is 9.59 Å². The van der Waals surface area contributed by atoms with Gasteiger partial charge < -0.3 is 15.4 Å². The first kappa shape index (κ1) is 17.8. The number of ether oxygens (including phenoxy) is 1. The summed E-state index contributed by atoms with van der Waals surface area (Å²) in [7, 11) is 0. The van der Waals surface area contributed by atoms with Crippen LogP contribution in [0.3, 0.4) is 0 Å². The van der Waals surface area contributed by atoms with Crippen LogP contribution in [0.4, 0.5) is 11.4 Å². The van der Waals surface area contributed by atoms with Crippen LogP contribution >= 0.6 is 11.6 Å². The number of amides is 1. The average Bonchev–Trinajstić information content (AvgIpc) is 2.57. The largest absolute Gasteiger partial charge is 0.464 e. The second-order valence-electron chi connectivity index (χ2n) is 5.16. The predicted octanol–water partition coefficient (Wildman–Crippen LogP) is 3.96. The van der Waals surface area contributed by atoms with Crippen LogP contribution in [-0.2, 0) is 9.53 Å². The fraction of sp³-hybridized carbons (Fsp3) is 0.222. The summed E-state index contributed by atoms with van der Waals surface area (Å²) >= 11 is 5.81. The molecule has 0 aromatic heterocycles. The van der Waals surface area contributed by atoms with Crippen molar-refractivity contribution < 1.29 is 14.3 Å². The molecule has 1 unspecified atom stereocenters. The van der Waals surface area contributed by atoms with Crippen molar-refractivity contribution in [2.45, 2.75) is 19.9 Å². The third kappa shape index (κ3) is 4.99. The predicted molar refractivity (Wildman–Crippen MR) is 95.6 cm³/mol. The number of esters is 1. The Labute approximate surface area is 146 Å². The van der Waals surface area contributed by atoms with Gasteiger partial charge in [0.05, 0.1) is 6.61 Å². The summed E-state index contributed by atoms with van der Waals surface area (Å²) in [4.78, 5) is 23.7. The molecule has 0 aliphatic rings. The zero-order valence-corrected chi connectivity index (χ0v) is 14.3. The monoisotopic (exact) mass is 346 g/mol. The van der Waals surface area contributed by atoms with E-state index in [4.69, 9.17) is 16.3 Å². The number of carbonyl (C=O) groups is 2. The fourth-order valence-electron chi connectivity index (χ4n) is 2.03. The lowest BCUT2D eigenvalue weighted by Gasteiger charge is -2.14. The first-order chi connectivity index (χ1) is 11.5. The van der Waals surface area contributed by atoms with Gasteiger partial charge in [-0.05, 0) is 62.4 Å². The van der Waals surface area contributed by atoms with Crippen molar-refractivity contribution >= 4 is 34.9 Å². The Bertz CT molecular complexity index is 699. The molecule has 1 amide bonds. The number of hydrogen-bond acceptors (Lipinski definition) is 4. The van der Waals surface area contributed by atoms with Gasteiger partial charge in [-0.1, -0.05) is 11.6 Å². The average molecular weight is 347 g/mol. The van der Waals surface area contributed by atoms with Crippen LogP contribution in [0.25, 0.3) is 0 Å². The fourth-order valence-corrected chi connectivity index (χ4v) is 2.16. The number of carbonyl (C=O) groups excluding carboxylic acids is 2. The Balaban J connectivity index is 1.95. The zero-order valence-electron chi connectivity index (χ0n) is 13.5. The lowest BCUT2D eigenvalue weighted by atomic mass is 10.2. The maximum atomic E-state index is 12.1. The van der Waals surface area contributed by atoms with Crippen LogP contribution in [0.5, 0.6) is 0 Å². The minimum atomic E-state index is -0.445. The molecular formula is C18H19ClN2O3. The molecule has 0 spiro atoms. The van der Waals surface area contributed by atoms with Crippen molar-refractivity contribution in [3.63, 3.8) is 0 Å². The molecule has 1 atom stereocenters. The van der Waals surface area contributed by atoms with Crippen molar-refractivity contribution in [3.8, 4) is 0 Å². The van der Waals surface area contributed by atoms with Gasteiger partial charge >= 0.3 is 5.97 Å². The molecule has 5 nitrogen and oxygen atoms in total. The van der Waals surface area contributed by atoms with E-state index in [1.54, 1.807) is 62.4 Å². The molecule has 0 bridgehead atoms. The lowest BCUT2D eigenvalue weighted by molar-refractivity contribution is -0.143. The summed E-state index contributed by atoms with van der Waals surface area (Å²) in [6.07, 6.45) is 0. The summed E-state index contributed by atoms with van der Waals surface area (Å²) < 4.78 is 4.94. The summed E-state index contributed by atoms with van der Waals surface area (Å²) in [5.41, 5.74) is 1.95. The summed E-state index contributed by atoms with van der Waals surface area (Å²) in [6.45, 7) is 3.84. The van der Waals surface area contributed by atoms with Crippen LogP contribution < -0.4 is 10.6 Å². The minimum Gasteiger partial charge on any atom is -0.464 e. The number of hydrogen-bond donors (Lipinski definition) is 2. The first-order valence-electron chi connectivity index (χ1n) is 7.59. The van der Waals surface area contributed by atoms with Gasteiger partial charge in [0.1, 0.15) is 6.04 Å². The van der Waals surface area contributed by atoms with Crippen LogP contribution in [0, 0.1) is 0 Å². The van der Waals surface area contributed by atoms with E-state index in [1.807, 2.05) is 0 Å². The third-order valence-electron chi connectivity index (χ3n) is 3.27. The molecule has 0 saturated carbocycles. The molecule has 126 valence electrons. The minimum absolute atomic E-state index is 0.215. The Morgan fingerprint density at radius 3 is 2.21 bits per heavy atom. The molecule has 0 aliphatic carbocycles. The van der Waals surface area contributed by atoms with E-state index < -0.39 is 6.04 Å². The molecule has 2 aromatic carbocycles. The highest BCUT2D eigenvalue weighted by atomic mass is 35.5. The highest BCUT2D eigenvalue weighted by Crippen LogP contribution is 2.16. The number of rotatable bonds is 6. The molecule has 6 heteroatoms. The van der Waals surface area contributed by atoms with E-state index in [-0.39, 0.29) is 11.9 Å². The molecule has 0 heterocycles. The molecular weight excluding hydrogens is 328 g/mol. The molecule has 2 rings (SSSR count). The number of halogens is 1. The topological polar surface area (TPSA) is 67.4 Å².